The van der Waals surface area contributed by atoms with Gasteiger partial charge in [0.05, 0.1) is 6.61 Å². The van der Waals surface area contributed by atoms with Crippen LogP contribution in [0.5, 0.6) is 0 Å². The molecule has 2 unspecified atom stereocenters. The van der Waals surface area contributed by atoms with Crippen molar-refractivity contribution in [1.29, 1.82) is 0 Å². The van der Waals surface area contributed by atoms with Crippen LogP contribution < -0.4 is 5.32 Å². The van der Waals surface area contributed by atoms with Crippen LogP contribution in [0.25, 0.3) is 0 Å². The van der Waals surface area contributed by atoms with Crippen LogP contribution in [0.2, 0.25) is 0 Å². The number of likely N-dealkylation sites (tertiary alicyclic amines) is 1. The number of rotatable bonds is 4. The number of piperidine rings is 1. The summed E-state index contributed by atoms with van der Waals surface area (Å²) in [5, 5.41) is 19.9. The van der Waals surface area contributed by atoms with Crippen LogP contribution in [0.3, 0.4) is 0 Å². The largest absolute Gasteiger partial charge is 0.480 e. The van der Waals surface area contributed by atoms with Gasteiger partial charge in [0.25, 0.3) is 0 Å². The minimum absolute atomic E-state index is 0.293. The lowest BCUT2D eigenvalue weighted by atomic mass is 10.1. The lowest BCUT2D eigenvalue weighted by Gasteiger charge is -2.36. The second-order valence-corrected chi connectivity index (χ2v) is 4.73. The number of nitrogens with one attached hydrogen (secondary N) is 1. The van der Waals surface area contributed by atoms with E-state index in [-0.39, 0.29) is 0 Å². The second kappa shape index (κ2) is 6.55. The van der Waals surface area contributed by atoms with Crippen molar-refractivity contribution in [3.63, 3.8) is 0 Å². The van der Waals surface area contributed by atoms with Gasteiger partial charge in [0.1, 0.15) is 0 Å². The molecule has 0 aromatic heterocycles. The van der Waals surface area contributed by atoms with Crippen molar-refractivity contribution in [2.75, 3.05) is 33.8 Å². The summed E-state index contributed by atoms with van der Waals surface area (Å²) >= 11 is 0. The molecule has 0 spiro atoms. The zero-order chi connectivity index (χ0) is 13.7. The molecule has 7 nitrogen and oxygen atoms in total. The molecule has 1 heterocycles. The minimum Gasteiger partial charge on any atom is -0.480 e. The van der Waals surface area contributed by atoms with Gasteiger partial charge in [-0.15, -0.1) is 0 Å². The molecule has 1 aliphatic heterocycles. The maximum Gasteiger partial charge on any atom is 0.328 e. The molecular formula is C11H21N3O4. The highest BCUT2D eigenvalue weighted by atomic mass is 16.4. The number of urea groups is 1. The van der Waals surface area contributed by atoms with Crippen molar-refractivity contribution in [3.8, 4) is 0 Å². The van der Waals surface area contributed by atoms with Gasteiger partial charge >= 0.3 is 12.0 Å². The average molecular weight is 259 g/mol. The molecule has 0 radical (unpaired) electrons. The van der Waals surface area contributed by atoms with Gasteiger partial charge in [0.2, 0.25) is 0 Å². The van der Waals surface area contributed by atoms with E-state index < -0.39 is 24.6 Å². The summed E-state index contributed by atoms with van der Waals surface area (Å²) in [5.41, 5.74) is 0. The number of carboxylic acid groups (broad SMARTS) is 1. The molecule has 1 rings (SSSR count). The Balaban J connectivity index is 2.53. The van der Waals surface area contributed by atoms with Crippen molar-refractivity contribution >= 4 is 12.0 Å². The number of aliphatic hydroxyl groups is 1. The molecule has 2 atom stereocenters. The summed E-state index contributed by atoms with van der Waals surface area (Å²) in [4.78, 5) is 26.2. The maximum atomic E-state index is 11.9. The van der Waals surface area contributed by atoms with E-state index in [1.54, 1.807) is 4.90 Å². The summed E-state index contributed by atoms with van der Waals surface area (Å²) < 4.78 is 0. The molecule has 1 aliphatic rings. The number of likely N-dealkylation sites (N-methyl/N-ethyl adjacent to an activating group) is 1. The number of nitrogens with zero attached hydrogens (tertiary/aromatic N) is 2. The fourth-order valence-corrected chi connectivity index (χ4v) is 1.99. The normalized spacial score (nSPS) is 21.8. The van der Waals surface area contributed by atoms with Gasteiger partial charge in [0.15, 0.2) is 6.04 Å². The Bertz CT molecular complexity index is 309. The molecule has 2 amide bonds. The minimum atomic E-state index is -1.24. The van der Waals surface area contributed by atoms with E-state index in [4.69, 9.17) is 10.2 Å². The van der Waals surface area contributed by atoms with Crippen molar-refractivity contribution < 1.29 is 19.8 Å². The molecule has 0 aliphatic carbocycles. The van der Waals surface area contributed by atoms with Crippen LogP contribution in [0.1, 0.15) is 12.8 Å². The van der Waals surface area contributed by atoms with Gasteiger partial charge in [-0.3, -0.25) is 0 Å². The molecule has 0 aromatic carbocycles. The lowest BCUT2D eigenvalue weighted by Crippen LogP contribution is -2.54. The van der Waals surface area contributed by atoms with Crippen molar-refractivity contribution in [2.24, 2.45) is 0 Å². The Morgan fingerprint density at radius 3 is 2.67 bits per heavy atom. The molecule has 7 heteroatoms. The van der Waals surface area contributed by atoms with Crippen LogP contribution in [-0.4, -0.2) is 77.9 Å². The monoisotopic (exact) mass is 259 g/mol. The van der Waals surface area contributed by atoms with Gasteiger partial charge in [-0.2, -0.15) is 0 Å². The Labute approximate surface area is 106 Å². The molecule has 18 heavy (non-hydrogen) atoms. The Morgan fingerprint density at radius 2 is 2.17 bits per heavy atom. The molecule has 1 fully saturated rings. The van der Waals surface area contributed by atoms with E-state index in [1.165, 1.54) is 0 Å². The number of carbonyl (C=O) groups is 2. The first kappa shape index (κ1) is 14.7. The third-order valence-electron chi connectivity index (χ3n) is 3.19. The van der Waals surface area contributed by atoms with Gasteiger partial charge in [-0.25, -0.2) is 9.59 Å². The topological polar surface area (TPSA) is 93.1 Å². The van der Waals surface area contributed by atoms with Crippen LogP contribution >= 0.6 is 0 Å². The van der Waals surface area contributed by atoms with E-state index in [0.29, 0.717) is 19.1 Å². The highest BCUT2D eigenvalue weighted by Crippen LogP contribution is 2.13. The first-order valence-electron chi connectivity index (χ1n) is 6.01. The van der Waals surface area contributed by atoms with Gasteiger partial charge in [0, 0.05) is 19.1 Å². The highest BCUT2D eigenvalue weighted by Gasteiger charge is 2.27. The van der Waals surface area contributed by atoms with Crippen LogP contribution in [-0.2, 0) is 4.79 Å². The van der Waals surface area contributed by atoms with Crippen molar-refractivity contribution in [2.45, 2.75) is 24.9 Å². The zero-order valence-corrected chi connectivity index (χ0v) is 10.8. The third-order valence-corrected chi connectivity index (χ3v) is 3.19. The highest BCUT2D eigenvalue weighted by molar-refractivity contribution is 5.82. The Kier molecular flexibility index (Phi) is 5.36. The van der Waals surface area contributed by atoms with Crippen LogP contribution in [0.15, 0.2) is 0 Å². The lowest BCUT2D eigenvalue weighted by molar-refractivity contribution is -0.140. The summed E-state index contributed by atoms with van der Waals surface area (Å²) in [6.45, 7) is 0.594. The summed E-state index contributed by atoms with van der Waals surface area (Å²) in [6.07, 6.45) is 1.92. The van der Waals surface area contributed by atoms with E-state index >= 15 is 0 Å². The quantitative estimate of drug-likeness (QED) is 0.612. The molecule has 0 bridgehead atoms. The third kappa shape index (κ3) is 3.85. The summed E-state index contributed by atoms with van der Waals surface area (Å²) in [5.74, 6) is -1.23. The van der Waals surface area contributed by atoms with E-state index in [2.05, 4.69) is 10.2 Å². The van der Waals surface area contributed by atoms with Crippen LogP contribution in [0, 0.1) is 0 Å². The first-order valence-corrected chi connectivity index (χ1v) is 6.01. The molecule has 0 saturated carbocycles. The fraction of sp³-hybridized carbons (Fsp3) is 0.818. The number of hydrogen-bond acceptors (Lipinski definition) is 4. The number of carboxylic acids is 1. The molecule has 3 N–H and O–H groups in total. The zero-order valence-electron chi connectivity index (χ0n) is 10.8. The average Bonchev–Trinajstić information content (AvgIpc) is 2.35. The predicted molar refractivity (Wildman–Crippen MR) is 65.3 cm³/mol. The number of amides is 2. The van der Waals surface area contributed by atoms with E-state index in [9.17, 15) is 9.59 Å². The molecular weight excluding hydrogens is 238 g/mol. The summed E-state index contributed by atoms with van der Waals surface area (Å²) in [7, 11) is 3.92. The SMILES string of the molecule is CN(C)C1CCCN(C(=O)NC(CO)C(=O)O)C1. The number of aliphatic carboxylic acids is 1. The smallest absolute Gasteiger partial charge is 0.328 e. The van der Waals surface area contributed by atoms with Gasteiger partial charge < -0.3 is 25.3 Å². The maximum absolute atomic E-state index is 11.9. The van der Waals surface area contributed by atoms with E-state index in [0.717, 1.165) is 12.8 Å². The van der Waals surface area contributed by atoms with E-state index in [1.807, 2.05) is 14.1 Å². The number of hydrogen-bond donors (Lipinski definition) is 3. The van der Waals surface area contributed by atoms with Crippen molar-refractivity contribution in [1.82, 2.24) is 15.1 Å². The van der Waals surface area contributed by atoms with Crippen molar-refractivity contribution in [3.05, 3.63) is 0 Å². The molecule has 104 valence electrons. The fourth-order valence-electron chi connectivity index (χ4n) is 1.99. The predicted octanol–water partition coefficient (Wildman–Crippen LogP) is -0.832. The Morgan fingerprint density at radius 1 is 1.50 bits per heavy atom. The number of carbonyl (C=O) groups excluding carboxylic acids is 1. The first-order chi connectivity index (χ1) is 8.45. The molecule has 1 saturated heterocycles. The second-order valence-electron chi connectivity index (χ2n) is 4.73. The van der Waals surface area contributed by atoms with Gasteiger partial charge in [-0.05, 0) is 26.9 Å². The Hall–Kier alpha value is -1.34. The van der Waals surface area contributed by atoms with Crippen LogP contribution in [0.4, 0.5) is 4.79 Å². The number of aliphatic hydroxyl groups excluding tert-OH is 1. The standard InChI is InChI=1S/C11H21N3O4/c1-13(2)8-4-3-5-14(6-8)11(18)12-9(7-15)10(16)17/h8-9,15H,3-7H2,1-2H3,(H,12,18)(H,16,17). The molecule has 0 aromatic rings. The summed E-state index contributed by atoms with van der Waals surface area (Å²) in [6, 6.07) is -1.37. The van der Waals surface area contributed by atoms with Gasteiger partial charge in [-0.1, -0.05) is 0 Å².